The Morgan fingerprint density at radius 2 is 1.96 bits per heavy atom. The van der Waals surface area contributed by atoms with Crippen molar-refractivity contribution in [3.63, 3.8) is 0 Å². The van der Waals surface area contributed by atoms with E-state index in [1.807, 2.05) is 25.1 Å². The molecular weight excluding hydrogens is 329 g/mol. The third-order valence-electron chi connectivity index (χ3n) is 4.74. The van der Waals surface area contributed by atoms with Crippen LogP contribution in [0.2, 0.25) is 0 Å². The molecule has 3 nitrogen and oxygen atoms in total. The normalized spacial score (nSPS) is 19.2. The second kappa shape index (κ2) is 6.02. The first-order valence-corrected chi connectivity index (χ1v) is 8.29. The van der Waals surface area contributed by atoms with E-state index in [0.717, 1.165) is 27.8 Å². The van der Waals surface area contributed by atoms with Gasteiger partial charge in [-0.25, -0.2) is 5.01 Å². The minimum atomic E-state index is -4.50. The summed E-state index contributed by atoms with van der Waals surface area (Å²) in [6.45, 7) is 5.27. The van der Waals surface area contributed by atoms with Crippen molar-refractivity contribution in [2.24, 2.45) is 5.41 Å². The molecule has 1 fully saturated rings. The molecule has 134 valence electrons. The molecule has 0 aliphatic carbocycles. The highest BCUT2D eigenvalue weighted by atomic mass is 19.4. The molecule has 1 aliphatic heterocycles. The van der Waals surface area contributed by atoms with Crippen LogP contribution in [0.3, 0.4) is 0 Å². The van der Waals surface area contributed by atoms with Gasteiger partial charge in [0.2, 0.25) is 5.91 Å². The number of benzene rings is 2. The van der Waals surface area contributed by atoms with Gasteiger partial charge < -0.3 is 0 Å². The number of alkyl halides is 3. The van der Waals surface area contributed by atoms with Gasteiger partial charge >= 0.3 is 6.18 Å². The molecule has 1 aliphatic rings. The molecule has 2 aromatic rings. The zero-order valence-corrected chi connectivity index (χ0v) is 14.4. The minimum absolute atomic E-state index is 0.00344. The SMILES string of the molecule is CCc1cccc2ccc([C@H](N3CC(C)(C)C(=O)N3)C(F)(F)F)cc12. The molecule has 1 saturated heterocycles. The molecule has 6 heteroatoms. The maximum atomic E-state index is 13.8. The standard InChI is InChI=1S/C19H21F3N2O/c1-4-12-6-5-7-13-8-9-14(10-15(12)13)16(19(20,21)22)24-11-18(2,3)17(25)23-24/h5-10,16H,4,11H2,1-3H3,(H,23,25)/t16-/m0/s1. The van der Waals surface area contributed by atoms with Gasteiger partial charge in [0.05, 0.1) is 5.41 Å². The fourth-order valence-electron chi connectivity index (χ4n) is 3.35. The fraction of sp³-hybridized carbons (Fsp3) is 0.421. The first-order valence-electron chi connectivity index (χ1n) is 8.29. The lowest BCUT2D eigenvalue weighted by molar-refractivity contribution is -0.191. The lowest BCUT2D eigenvalue weighted by Gasteiger charge is -2.30. The van der Waals surface area contributed by atoms with E-state index in [2.05, 4.69) is 5.43 Å². The number of halogens is 3. The highest BCUT2D eigenvalue weighted by Gasteiger charge is 2.51. The number of nitrogens with one attached hydrogen (secondary N) is 1. The average molecular weight is 350 g/mol. The first kappa shape index (κ1) is 17.7. The number of carbonyl (C=O) groups is 1. The number of nitrogens with zero attached hydrogens (tertiary/aromatic N) is 1. The summed E-state index contributed by atoms with van der Waals surface area (Å²) in [5, 5.41) is 2.74. The molecule has 0 spiro atoms. The van der Waals surface area contributed by atoms with Crippen LogP contribution in [0.25, 0.3) is 10.8 Å². The van der Waals surface area contributed by atoms with E-state index in [1.54, 1.807) is 26.0 Å². The molecule has 0 radical (unpaired) electrons. The Balaban J connectivity index is 2.09. The highest BCUT2D eigenvalue weighted by Crippen LogP contribution is 2.41. The van der Waals surface area contributed by atoms with E-state index in [4.69, 9.17) is 0 Å². The number of hydrazine groups is 1. The average Bonchev–Trinajstić information content (AvgIpc) is 2.78. The largest absolute Gasteiger partial charge is 0.409 e. The minimum Gasteiger partial charge on any atom is -0.287 e. The van der Waals surface area contributed by atoms with Gasteiger partial charge in [-0.2, -0.15) is 13.2 Å². The Labute approximate surface area is 144 Å². The van der Waals surface area contributed by atoms with E-state index < -0.39 is 23.5 Å². The van der Waals surface area contributed by atoms with Gasteiger partial charge in [-0.05, 0) is 48.2 Å². The summed E-state index contributed by atoms with van der Waals surface area (Å²) in [5.41, 5.74) is 2.69. The monoisotopic (exact) mass is 350 g/mol. The van der Waals surface area contributed by atoms with Crippen LogP contribution < -0.4 is 5.43 Å². The molecule has 1 atom stereocenters. The number of carbonyl (C=O) groups excluding carboxylic acids is 1. The predicted octanol–water partition coefficient (Wildman–Crippen LogP) is 4.38. The molecule has 3 rings (SSSR count). The Morgan fingerprint density at radius 3 is 2.52 bits per heavy atom. The van der Waals surface area contributed by atoms with Crippen LogP contribution in [-0.4, -0.2) is 23.6 Å². The molecule has 0 saturated carbocycles. The lowest BCUT2D eigenvalue weighted by Crippen LogP contribution is -2.43. The van der Waals surface area contributed by atoms with Crippen molar-refractivity contribution < 1.29 is 18.0 Å². The molecule has 1 N–H and O–H groups in total. The topological polar surface area (TPSA) is 32.3 Å². The summed E-state index contributed by atoms with van der Waals surface area (Å²) in [5.74, 6) is -0.392. The van der Waals surface area contributed by atoms with Gasteiger partial charge in [-0.1, -0.05) is 37.3 Å². The van der Waals surface area contributed by atoms with Crippen LogP contribution in [0.15, 0.2) is 36.4 Å². The first-order chi connectivity index (χ1) is 11.6. The third-order valence-corrected chi connectivity index (χ3v) is 4.74. The molecule has 0 unspecified atom stereocenters. The number of hydrogen-bond donors (Lipinski definition) is 1. The Kier molecular flexibility index (Phi) is 4.27. The van der Waals surface area contributed by atoms with Gasteiger partial charge in [0.15, 0.2) is 0 Å². The van der Waals surface area contributed by atoms with Gasteiger partial charge in [0.1, 0.15) is 6.04 Å². The van der Waals surface area contributed by atoms with Crippen molar-refractivity contribution in [2.75, 3.05) is 6.54 Å². The van der Waals surface area contributed by atoms with Crippen molar-refractivity contribution in [1.29, 1.82) is 0 Å². The van der Waals surface area contributed by atoms with Crippen molar-refractivity contribution in [3.8, 4) is 0 Å². The summed E-state index contributed by atoms with van der Waals surface area (Å²) in [6.07, 6.45) is -3.76. The second-order valence-electron chi connectivity index (χ2n) is 7.15. The van der Waals surface area contributed by atoms with Crippen LogP contribution in [0.5, 0.6) is 0 Å². The van der Waals surface area contributed by atoms with Gasteiger partial charge in [0.25, 0.3) is 0 Å². The van der Waals surface area contributed by atoms with Crippen molar-refractivity contribution >= 4 is 16.7 Å². The van der Waals surface area contributed by atoms with Gasteiger partial charge in [-0.3, -0.25) is 10.2 Å². The predicted molar refractivity (Wildman–Crippen MR) is 90.8 cm³/mol. The van der Waals surface area contributed by atoms with E-state index in [-0.39, 0.29) is 12.1 Å². The number of aryl methyl sites for hydroxylation is 1. The van der Waals surface area contributed by atoms with E-state index in [0.29, 0.717) is 0 Å². The maximum absolute atomic E-state index is 13.8. The summed E-state index contributed by atoms with van der Waals surface area (Å²) in [4.78, 5) is 12.0. The van der Waals surface area contributed by atoms with Crippen molar-refractivity contribution in [1.82, 2.24) is 10.4 Å². The Hall–Kier alpha value is -2.08. The maximum Gasteiger partial charge on any atom is 0.409 e. The highest BCUT2D eigenvalue weighted by molar-refractivity contribution is 5.87. The van der Waals surface area contributed by atoms with Crippen LogP contribution in [0.4, 0.5) is 13.2 Å². The number of amides is 1. The lowest BCUT2D eigenvalue weighted by atomic mass is 9.93. The molecule has 2 aromatic carbocycles. The summed E-state index contributed by atoms with van der Waals surface area (Å²) in [7, 11) is 0. The number of hydrogen-bond acceptors (Lipinski definition) is 2. The Bertz CT molecular complexity index is 814. The molecule has 1 amide bonds. The third kappa shape index (κ3) is 3.23. The number of fused-ring (bicyclic) bond motifs is 1. The van der Waals surface area contributed by atoms with Gasteiger partial charge in [-0.15, -0.1) is 0 Å². The van der Waals surface area contributed by atoms with E-state index in [9.17, 15) is 18.0 Å². The molecule has 1 heterocycles. The smallest absolute Gasteiger partial charge is 0.287 e. The van der Waals surface area contributed by atoms with Gasteiger partial charge in [0, 0.05) is 6.54 Å². The fourth-order valence-corrected chi connectivity index (χ4v) is 3.35. The van der Waals surface area contributed by atoms with E-state index in [1.165, 1.54) is 6.07 Å². The summed E-state index contributed by atoms with van der Waals surface area (Å²) in [6, 6.07) is 8.67. The van der Waals surface area contributed by atoms with Crippen LogP contribution in [-0.2, 0) is 11.2 Å². The van der Waals surface area contributed by atoms with Crippen molar-refractivity contribution in [2.45, 2.75) is 39.4 Å². The molecule has 0 aromatic heterocycles. The number of rotatable bonds is 3. The Morgan fingerprint density at radius 1 is 1.24 bits per heavy atom. The quantitative estimate of drug-likeness (QED) is 0.891. The molecule has 25 heavy (non-hydrogen) atoms. The van der Waals surface area contributed by atoms with Crippen LogP contribution in [0, 0.1) is 5.41 Å². The van der Waals surface area contributed by atoms with Crippen LogP contribution in [0.1, 0.15) is 37.9 Å². The summed E-state index contributed by atoms with van der Waals surface area (Å²) < 4.78 is 41.5. The van der Waals surface area contributed by atoms with Crippen LogP contribution >= 0.6 is 0 Å². The second-order valence-corrected chi connectivity index (χ2v) is 7.15. The van der Waals surface area contributed by atoms with Crippen molar-refractivity contribution in [3.05, 3.63) is 47.5 Å². The van der Waals surface area contributed by atoms with E-state index >= 15 is 0 Å². The molecule has 0 bridgehead atoms. The summed E-state index contributed by atoms with van der Waals surface area (Å²) >= 11 is 0. The zero-order valence-electron chi connectivity index (χ0n) is 14.4. The molecular formula is C19H21F3N2O. The zero-order chi connectivity index (χ0) is 18.4.